The Morgan fingerprint density at radius 3 is 2.62 bits per heavy atom. The topological polar surface area (TPSA) is 21.3 Å². The lowest BCUT2D eigenvalue weighted by atomic mass is 10.2. The molecular weight excluding hydrogens is 272 g/mol. The Bertz CT molecular complexity index is 614. The van der Waals surface area contributed by atoms with Gasteiger partial charge in [-0.1, -0.05) is 25.1 Å². The quantitative estimate of drug-likeness (QED) is 0.787. The monoisotopic (exact) mass is 291 g/mol. The number of rotatable bonds is 6. The van der Waals surface area contributed by atoms with Crippen LogP contribution in [-0.4, -0.2) is 6.54 Å². The lowest BCUT2D eigenvalue weighted by Gasteiger charge is -2.10. The molecule has 0 radical (unpaired) electrons. The molecule has 2 nitrogen and oxygen atoms in total. The van der Waals surface area contributed by atoms with Crippen molar-refractivity contribution in [1.29, 1.82) is 0 Å². The zero-order valence-corrected chi connectivity index (χ0v) is 12.2. The Morgan fingerprint density at radius 2 is 1.90 bits per heavy atom. The number of hydrogen-bond donors (Lipinski definition) is 1. The van der Waals surface area contributed by atoms with E-state index < -0.39 is 11.6 Å². The average Bonchev–Trinajstić information content (AvgIpc) is 2.47. The SMILES string of the molecule is CCCNCc1ccc(Oc2cccc(C)c2F)c(F)c1. The van der Waals surface area contributed by atoms with Crippen LogP contribution in [-0.2, 0) is 6.54 Å². The van der Waals surface area contributed by atoms with E-state index in [1.807, 2.05) is 0 Å². The molecule has 0 amide bonds. The summed E-state index contributed by atoms with van der Waals surface area (Å²) in [6, 6.07) is 9.51. The highest BCUT2D eigenvalue weighted by Gasteiger charge is 2.10. The van der Waals surface area contributed by atoms with Crippen molar-refractivity contribution in [3.63, 3.8) is 0 Å². The van der Waals surface area contributed by atoms with Gasteiger partial charge in [0.15, 0.2) is 23.1 Å². The van der Waals surface area contributed by atoms with Gasteiger partial charge in [-0.15, -0.1) is 0 Å². The van der Waals surface area contributed by atoms with Crippen molar-refractivity contribution in [2.75, 3.05) is 6.54 Å². The van der Waals surface area contributed by atoms with Gasteiger partial charge in [-0.05, 0) is 49.2 Å². The number of nitrogens with one attached hydrogen (secondary N) is 1. The first-order valence-electron chi connectivity index (χ1n) is 7.04. The molecule has 0 heterocycles. The molecule has 0 aromatic heterocycles. The summed E-state index contributed by atoms with van der Waals surface area (Å²) in [6.07, 6.45) is 1.02. The maximum absolute atomic E-state index is 14.0. The van der Waals surface area contributed by atoms with Crippen LogP contribution in [0.4, 0.5) is 8.78 Å². The average molecular weight is 291 g/mol. The van der Waals surface area contributed by atoms with E-state index in [4.69, 9.17) is 4.74 Å². The summed E-state index contributed by atoms with van der Waals surface area (Å²) in [7, 11) is 0. The van der Waals surface area contributed by atoms with E-state index in [2.05, 4.69) is 12.2 Å². The van der Waals surface area contributed by atoms with Crippen LogP contribution in [0.15, 0.2) is 36.4 Å². The van der Waals surface area contributed by atoms with Gasteiger partial charge in [0.05, 0.1) is 0 Å². The van der Waals surface area contributed by atoms with E-state index in [9.17, 15) is 8.78 Å². The number of hydrogen-bond acceptors (Lipinski definition) is 2. The highest BCUT2D eigenvalue weighted by Crippen LogP contribution is 2.28. The smallest absolute Gasteiger partial charge is 0.168 e. The molecule has 2 aromatic carbocycles. The Kier molecular flexibility index (Phi) is 5.28. The second-order valence-electron chi connectivity index (χ2n) is 4.93. The predicted octanol–water partition coefficient (Wildman–Crippen LogP) is 4.57. The van der Waals surface area contributed by atoms with Gasteiger partial charge in [-0.25, -0.2) is 8.78 Å². The first-order chi connectivity index (χ1) is 10.1. The van der Waals surface area contributed by atoms with E-state index in [1.54, 1.807) is 25.1 Å². The Balaban J connectivity index is 2.12. The van der Waals surface area contributed by atoms with Crippen LogP contribution in [0.5, 0.6) is 11.5 Å². The molecule has 0 fully saturated rings. The van der Waals surface area contributed by atoms with Gasteiger partial charge in [-0.3, -0.25) is 0 Å². The fourth-order valence-electron chi connectivity index (χ4n) is 1.96. The van der Waals surface area contributed by atoms with Crippen LogP contribution in [0.1, 0.15) is 24.5 Å². The van der Waals surface area contributed by atoms with Crippen molar-refractivity contribution in [3.8, 4) is 11.5 Å². The molecule has 0 aliphatic heterocycles. The molecule has 112 valence electrons. The zero-order chi connectivity index (χ0) is 15.2. The maximum atomic E-state index is 14.0. The van der Waals surface area contributed by atoms with Crippen molar-refractivity contribution in [2.24, 2.45) is 0 Å². The summed E-state index contributed by atoms with van der Waals surface area (Å²) in [5.41, 5.74) is 1.30. The Labute approximate surface area is 123 Å². The third-order valence-corrected chi connectivity index (χ3v) is 3.13. The first kappa shape index (κ1) is 15.4. The highest BCUT2D eigenvalue weighted by atomic mass is 19.1. The fraction of sp³-hybridized carbons (Fsp3) is 0.294. The van der Waals surface area contributed by atoms with E-state index in [1.165, 1.54) is 18.2 Å². The highest BCUT2D eigenvalue weighted by molar-refractivity contribution is 5.37. The number of aryl methyl sites for hydroxylation is 1. The molecule has 21 heavy (non-hydrogen) atoms. The normalized spacial score (nSPS) is 10.7. The molecular formula is C17H19F2NO. The Hall–Kier alpha value is -1.94. The lowest BCUT2D eigenvalue weighted by Crippen LogP contribution is -2.13. The first-order valence-corrected chi connectivity index (χ1v) is 7.04. The number of benzene rings is 2. The van der Waals surface area contributed by atoms with Crippen LogP contribution in [0, 0.1) is 18.6 Å². The summed E-state index contributed by atoms with van der Waals surface area (Å²) in [5.74, 6) is -0.901. The molecule has 0 bridgehead atoms. The van der Waals surface area contributed by atoms with Gasteiger partial charge in [-0.2, -0.15) is 0 Å². The van der Waals surface area contributed by atoms with Gasteiger partial charge in [0.1, 0.15) is 0 Å². The van der Waals surface area contributed by atoms with Crippen LogP contribution >= 0.6 is 0 Å². The summed E-state index contributed by atoms with van der Waals surface area (Å²) in [4.78, 5) is 0. The van der Waals surface area contributed by atoms with Crippen LogP contribution in [0.2, 0.25) is 0 Å². The van der Waals surface area contributed by atoms with Crippen LogP contribution in [0.25, 0.3) is 0 Å². The molecule has 0 aliphatic carbocycles. The minimum Gasteiger partial charge on any atom is -0.451 e. The minimum atomic E-state index is -0.494. The van der Waals surface area contributed by atoms with Crippen molar-refractivity contribution >= 4 is 0 Å². The maximum Gasteiger partial charge on any atom is 0.168 e. The molecule has 0 atom stereocenters. The molecule has 2 aromatic rings. The van der Waals surface area contributed by atoms with Crippen molar-refractivity contribution in [1.82, 2.24) is 5.32 Å². The number of halogens is 2. The molecule has 4 heteroatoms. The third-order valence-electron chi connectivity index (χ3n) is 3.13. The summed E-state index contributed by atoms with van der Waals surface area (Å²) in [6.45, 7) is 5.19. The third kappa shape index (κ3) is 4.02. The van der Waals surface area contributed by atoms with Gasteiger partial charge >= 0.3 is 0 Å². The second kappa shape index (κ2) is 7.18. The summed E-state index contributed by atoms with van der Waals surface area (Å²) < 4.78 is 33.2. The molecule has 0 aliphatic rings. The largest absolute Gasteiger partial charge is 0.451 e. The molecule has 0 saturated heterocycles. The fourth-order valence-corrected chi connectivity index (χ4v) is 1.96. The zero-order valence-electron chi connectivity index (χ0n) is 12.2. The van der Waals surface area contributed by atoms with E-state index in [-0.39, 0.29) is 11.5 Å². The van der Waals surface area contributed by atoms with Gasteiger partial charge in [0.25, 0.3) is 0 Å². The van der Waals surface area contributed by atoms with Crippen molar-refractivity contribution < 1.29 is 13.5 Å². The number of ether oxygens (including phenoxy) is 1. The van der Waals surface area contributed by atoms with Crippen molar-refractivity contribution in [3.05, 3.63) is 59.2 Å². The van der Waals surface area contributed by atoms with Crippen molar-refractivity contribution in [2.45, 2.75) is 26.8 Å². The van der Waals surface area contributed by atoms with E-state index in [0.29, 0.717) is 12.1 Å². The Morgan fingerprint density at radius 1 is 1.10 bits per heavy atom. The molecule has 0 unspecified atom stereocenters. The lowest BCUT2D eigenvalue weighted by molar-refractivity contribution is 0.412. The van der Waals surface area contributed by atoms with E-state index >= 15 is 0 Å². The minimum absolute atomic E-state index is 0.0266. The second-order valence-corrected chi connectivity index (χ2v) is 4.93. The summed E-state index contributed by atoms with van der Waals surface area (Å²) >= 11 is 0. The summed E-state index contributed by atoms with van der Waals surface area (Å²) in [5, 5.41) is 3.20. The van der Waals surface area contributed by atoms with Crippen LogP contribution in [0.3, 0.4) is 0 Å². The molecule has 2 rings (SSSR count). The van der Waals surface area contributed by atoms with E-state index in [0.717, 1.165) is 18.5 Å². The molecule has 0 spiro atoms. The van der Waals surface area contributed by atoms with Gasteiger partial charge in [0, 0.05) is 6.54 Å². The molecule has 0 saturated carbocycles. The predicted molar refractivity (Wildman–Crippen MR) is 79.6 cm³/mol. The van der Waals surface area contributed by atoms with Crippen LogP contribution < -0.4 is 10.1 Å². The van der Waals surface area contributed by atoms with Gasteiger partial charge in [0.2, 0.25) is 0 Å². The molecule has 1 N–H and O–H groups in total. The standard InChI is InChI=1S/C17H19F2NO/c1-3-9-20-11-13-7-8-15(14(18)10-13)21-16-6-4-5-12(2)17(16)19/h4-8,10,20H,3,9,11H2,1-2H3. The van der Waals surface area contributed by atoms with Gasteiger partial charge < -0.3 is 10.1 Å².